The number of carbonyl (C=O) groups excluding carboxylic acids is 2. The molecule has 1 heterocycles. The fraction of sp³-hybridized carbons (Fsp3) is 0.692. The SMILES string of the molecule is O=C(NCCC(=O)N(Cc1cccc(F)c1)CC1CCCO1)NC12CC3CC(CC(C3)C1)C2. The minimum absolute atomic E-state index is 0.0230. The lowest BCUT2D eigenvalue weighted by molar-refractivity contribution is -0.133. The number of carbonyl (C=O) groups is 2. The largest absolute Gasteiger partial charge is 0.376 e. The van der Waals surface area contributed by atoms with Gasteiger partial charge in [-0.15, -0.1) is 0 Å². The number of benzene rings is 1. The van der Waals surface area contributed by atoms with Crippen LogP contribution in [0.3, 0.4) is 0 Å². The first kappa shape index (κ1) is 22.6. The number of hydrogen-bond acceptors (Lipinski definition) is 3. The van der Waals surface area contributed by atoms with Crippen LogP contribution in [0.4, 0.5) is 9.18 Å². The van der Waals surface area contributed by atoms with Gasteiger partial charge in [-0.2, -0.15) is 0 Å². The van der Waals surface area contributed by atoms with Crippen molar-refractivity contribution in [3.8, 4) is 0 Å². The van der Waals surface area contributed by atoms with Gasteiger partial charge in [0.1, 0.15) is 5.82 Å². The lowest BCUT2D eigenvalue weighted by Gasteiger charge is -2.56. The molecular formula is C26H36FN3O3. The van der Waals surface area contributed by atoms with E-state index in [4.69, 9.17) is 4.74 Å². The van der Waals surface area contributed by atoms with Crippen LogP contribution in [0.2, 0.25) is 0 Å². The molecule has 1 atom stereocenters. The van der Waals surface area contributed by atoms with E-state index in [2.05, 4.69) is 10.6 Å². The summed E-state index contributed by atoms with van der Waals surface area (Å²) in [5.74, 6) is 1.96. The second-order valence-electron chi connectivity index (χ2n) is 10.9. The zero-order valence-electron chi connectivity index (χ0n) is 19.4. The van der Waals surface area contributed by atoms with Crippen LogP contribution in [-0.4, -0.2) is 48.2 Å². The molecule has 5 fully saturated rings. The van der Waals surface area contributed by atoms with Crippen molar-refractivity contribution in [3.63, 3.8) is 0 Å². The third-order valence-corrected chi connectivity index (χ3v) is 8.10. The van der Waals surface area contributed by atoms with Crippen molar-refractivity contribution in [3.05, 3.63) is 35.6 Å². The lowest BCUT2D eigenvalue weighted by Crippen LogP contribution is -2.61. The number of nitrogens with one attached hydrogen (secondary N) is 2. The van der Waals surface area contributed by atoms with Crippen LogP contribution < -0.4 is 10.6 Å². The zero-order valence-corrected chi connectivity index (χ0v) is 19.4. The molecule has 4 aliphatic carbocycles. The molecule has 6 rings (SSSR count). The number of ether oxygens (including phenoxy) is 1. The van der Waals surface area contributed by atoms with E-state index in [1.807, 2.05) is 6.07 Å². The van der Waals surface area contributed by atoms with Gasteiger partial charge in [0, 0.05) is 38.2 Å². The molecule has 0 aromatic heterocycles. The maximum Gasteiger partial charge on any atom is 0.315 e. The van der Waals surface area contributed by atoms with E-state index in [9.17, 15) is 14.0 Å². The molecule has 1 aliphatic heterocycles. The Labute approximate surface area is 195 Å². The molecule has 180 valence electrons. The summed E-state index contributed by atoms with van der Waals surface area (Å²) in [5, 5.41) is 6.22. The number of urea groups is 1. The first-order valence-electron chi connectivity index (χ1n) is 12.7. The van der Waals surface area contributed by atoms with Crippen molar-refractivity contribution >= 4 is 11.9 Å². The second kappa shape index (κ2) is 9.61. The highest BCUT2D eigenvalue weighted by Crippen LogP contribution is 2.55. The number of amides is 3. The highest BCUT2D eigenvalue weighted by molar-refractivity contribution is 5.78. The Kier molecular flexibility index (Phi) is 6.59. The Morgan fingerprint density at radius 2 is 1.85 bits per heavy atom. The van der Waals surface area contributed by atoms with E-state index in [-0.39, 0.29) is 35.8 Å². The van der Waals surface area contributed by atoms with Crippen LogP contribution in [0.1, 0.15) is 63.4 Å². The normalized spacial score (nSPS) is 32.0. The molecule has 3 amide bonds. The van der Waals surface area contributed by atoms with E-state index in [0.29, 0.717) is 19.6 Å². The predicted molar refractivity (Wildman–Crippen MR) is 123 cm³/mol. The van der Waals surface area contributed by atoms with Gasteiger partial charge in [-0.1, -0.05) is 12.1 Å². The van der Waals surface area contributed by atoms with Gasteiger partial charge in [0.25, 0.3) is 0 Å². The second-order valence-corrected chi connectivity index (χ2v) is 10.9. The van der Waals surface area contributed by atoms with E-state index in [0.717, 1.165) is 62.0 Å². The van der Waals surface area contributed by atoms with Crippen molar-refractivity contribution in [1.82, 2.24) is 15.5 Å². The van der Waals surface area contributed by atoms with Gasteiger partial charge < -0.3 is 20.3 Å². The van der Waals surface area contributed by atoms with E-state index in [1.54, 1.807) is 11.0 Å². The summed E-state index contributed by atoms with van der Waals surface area (Å²) in [5.41, 5.74) is 0.723. The van der Waals surface area contributed by atoms with Gasteiger partial charge >= 0.3 is 6.03 Å². The standard InChI is InChI=1S/C26H36FN3O3/c27-22-4-1-3-18(12-22)16-30(17-23-5-2-8-33-23)24(31)6-7-28-25(32)29-26-13-19-9-20(14-26)11-21(10-19)15-26/h1,3-4,12,19-21,23H,2,5-11,13-17H2,(H2,28,29,32). The van der Waals surface area contributed by atoms with Crippen molar-refractivity contribution < 1.29 is 18.7 Å². The smallest absolute Gasteiger partial charge is 0.315 e. The van der Waals surface area contributed by atoms with Gasteiger partial charge in [0.15, 0.2) is 0 Å². The molecule has 6 nitrogen and oxygen atoms in total. The summed E-state index contributed by atoms with van der Waals surface area (Å²) >= 11 is 0. The Morgan fingerprint density at radius 3 is 2.48 bits per heavy atom. The van der Waals surface area contributed by atoms with Gasteiger partial charge in [0.05, 0.1) is 6.10 Å². The average Bonchev–Trinajstić information content (AvgIpc) is 3.25. The van der Waals surface area contributed by atoms with Crippen LogP contribution in [0.5, 0.6) is 0 Å². The Balaban J connectivity index is 1.12. The Morgan fingerprint density at radius 1 is 1.12 bits per heavy atom. The maximum atomic E-state index is 13.6. The highest BCUT2D eigenvalue weighted by Gasteiger charge is 2.51. The lowest BCUT2D eigenvalue weighted by atomic mass is 9.53. The van der Waals surface area contributed by atoms with Crippen LogP contribution in [0.25, 0.3) is 0 Å². The van der Waals surface area contributed by atoms with E-state index in [1.165, 1.54) is 31.4 Å². The molecule has 2 N–H and O–H groups in total. The van der Waals surface area contributed by atoms with Crippen LogP contribution >= 0.6 is 0 Å². The summed E-state index contributed by atoms with van der Waals surface area (Å²) in [6.07, 6.45) is 9.49. The fourth-order valence-corrected chi connectivity index (χ4v) is 7.13. The molecule has 4 bridgehead atoms. The van der Waals surface area contributed by atoms with Gasteiger partial charge in [-0.25, -0.2) is 9.18 Å². The third-order valence-electron chi connectivity index (χ3n) is 8.10. The number of hydrogen-bond donors (Lipinski definition) is 2. The van der Waals surface area contributed by atoms with Crippen molar-refractivity contribution in [2.45, 2.75) is 76.0 Å². The highest BCUT2D eigenvalue weighted by atomic mass is 19.1. The summed E-state index contributed by atoms with van der Waals surface area (Å²) in [6.45, 7) is 1.85. The van der Waals surface area contributed by atoms with Gasteiger partial charge in [-0.3, -0.25) is 4.79 Å². The zero-order chi connectivity index (χ0) is 22.8. The summed E-state index contributed by atoms with van der Waals surface area (Å²) in [4.78, 5) is 27.4. The average molecular weight is 458 g/mol. The first-order valence-corrected chi connectivity index (χ1v) is 12.7. The van der Waals surface area contributed by atoms with Gasteiger partial charge in [0.2, 0.25) is 5.91 Å². The fourth-order valence-electron chi connectivity index (χ4n) is 7.13. The number of halogens is 1. The molecule has 4 saturated carbocycles. The van der Waals surface area contributed by atoms with Crippen LogP contribution in [0.15, 0.2) is 24.3 Å². The van der Waals surface area contributed by atoms with Crippen molar-refractivity contribution in [2.24, 2.45) is 17.8 Å². The minimum Gasteiger partial charge on any atom is -0.376 e. The molecule has 0 radical (unpaired) electrons. The molecule has 33 heavy (non-hydrogen) atoms. The number of nitrogens with zero attached hydrogens (tertiary/aromatic N) is 1. The summed E-state index contributed by atoms with van der Waals surface area (Å²) < 4.78 is 19.4. The molecule has 1 saturated heterocycles. The topological polar surface area (TPSA) is 70.7 Å². The number of rotatable bonds is 8. The molecule has 7 heteroatoms. The first-order chi connectivity index (χ1) is 16.0. The quantitative estimate of drug-likeness (QED) is 0.620. The van der Waals surface area contributed by atoms with Crippen LogP contribution in [-0.2, 0) is 16.1 Å². The summed E-state index contributed by atoms with van der Waals surface area (Å²) in [6, 6.07) is 6.21. The molecular weight excluding hydrogens is 421 g/mol. The monoisotopic (exact) mass is 457 g/mol. The third kappa shape index (κ3) is 5.51. The van der Waals surface area contributed by atoms with E-state index >= 15 is 0 Å². The summed E-state index contributed by atoms with van der Waals surface area (Å²) in [7, 11) is 0. The Bertz CT molecular complexity index is 835. The van der Waals surface area contributed by atoms with E-state index < -0.39 is 0 Å². The molecule has 5 aliphatic rings. The molecule has 1 aromatic rings. The van der Waals surface area contributed by atoms with Gasteiger partial charge in [-0.05, 0) is 86.8 Å². The van der Waals surface area contributed by atoms with Crippen molar-refractivity contribution in [2.75, 3.05) is 19.7 Å². The van der Waals surface area contributed by atoms with Crippen LogP contribution in [0, 0.1) is 23.6 Å². The Hall–Kier alpha value is -2.15. The predicted octanol–water partition coefficient (Wildman–Crippen LogP) is 3.99. The molecule has 1 aromatic carbocycles. The van der Waals surface area contributed by atoms with Crippen molar-refractivity contribution in [1.29, 1.82) is 0 Å². The maximum absolute atomic E-state index is 13.6. The molecule has 1 unspecified atom stereocenters. The molecule has 0 spiro atoms. The minimum atomic E-state index is -0.306.